The number of hydrogen-bond acceptors (Lipinski definition) is 4. The number of nitrogens with one attached hydrogen (secondary N) is 2. The lowest BCUT2D eigenvalue weighted by Crippen LogP contribution is -2.43. The molecule has 1 amide bonds. The van der Waals surface area contributed by atoms with Gasteiger partial charge in [0.05, 0.1) is 6.34 Å². The van der Waals surface area contributed by atoms with Crippen LogP contribution in [-0.4, -0.2) is 66.4 Å². The lowest BCUT2D eigenvalue weighted by atomic mass is 10.3. The topological polar surface area (TPSA) is 110 Å². The molecule has 1 saturated carbocycles. The molecule has 144 valence electrons. The molecule has 0 aromatic heterocycles. The number of anilines is 1. The fourth-order valence-electron chi connectivity index (χ4n) is 2.55. The highest BCUT2D eigenvalue weighted by atomic mass is 32.2. The number of amidine groups is 1. The van der Waals surface area contributed by atoms with Crippen LogP contribution in [-0.2, 0) is 4.79 Å². The fourth-order valence-corrected chi connectivity index (χ4v) is 3.28. The molecule has 0 bridgehead atoms. The van der Waals surface area contributed by atoms with E-state index in [-0.39, 0.29) is 17.8 Å². The lowest BCUT2D eigenvalue weighted by Gasteiger charge is -2.30. The highest BCUT2D eigenvalue weighted by Gasteiger charge is 2.29. The zero-order valence-electron chi connectivity index (χ0n) is 15.4. The van der Waals surface area contributed by atoms with Crippen LogP contribution in [0, 0.1) is 11.3 Å². The Balaban J connectivity index is 1.60. The van der Waals surface area contributed by atoms with Crippen molar-refractivity contribution in [3.8, 4) is 0 Å². The van der Waals surface area contributed by atoms with Crippen molar-refractivity contribution >= 4 is 40.8 Å². The molecule has 8 nitrogen and oxygen atoms in total. The van der Waals surface area contributed by atoms with Crippen LogP contribution in [0.5, 0.6) is 0 Å². The monoisotopic (exact) mass is 387 g/mol. The number of piperazine rings is 1. The molecule has 0 unspecified atom stereocenters. The number of nitrogens with two attached hydrogens (primary N) is 1. The fraction of sp³-hybridized carbons (Fsp3) is 0.444. The minimum atomic E-state index is -0.277. The van der Waals surface area contributed by atoms with Crippen LogP contribution in [0.25, 0.3) is 0 Å². The van der Waals surface area contributed by atoms with Gasteiger partial charge in [-0.05, 0) is 55.9 Å². The molecule has 1 aliphatic heterocycles. The number of carbonyl (C=O) groups is 1. The van der Waals surface area contributed by atoms with Crippen LogP contribution in [0.3, 0.4) is 0 Å². The number of thioether (sulfide) groups is 1. The second kappa shape index (κ2) is 9.01. The van der Waals surface area contributed by atoms with E-state index < -0.39 is 0 Å². The number of aliphatic imine (C=N–C) groups is 2. The number of likely N-dealkylation sites (N-methyl/N-ethyl adjacent to an activating group) is 1. The summed E-state index contributed by atoms with van der Waals surface area (Å²) in [4.78, 5) is 25.6. The van der Waals surface area contributed by atoms with Crippen molar-refractivity contribution in [2.45, 2.75) is 17.7 Å². The standard InChI is InChI=1S/C18H25N7OS/c1-24-8-10-25(11-9-24)12-21-18(23-17(19)20)27-15-6-4-14(5-7-15)22-16(26)13-2-3-13/h4-7,12-13H,2-3,8-11H2,1H3,(H3,19,20)(H,22,26)/b21-12+,23-18+. The maximum absolute atomic E-state index is 11.8. The molecule has 1 aliphatic carbocycles. The summed E-state index contributed by atoms with van der Waals surface area (Å²) >= 11 is 1.33. The number of carbonyl (C=O) groups excluding carboxylic acids is 1. The largest absolute Gasteiger partial charge is 0.368 e. The van der Waals surface area contributed by atoms with Gasteiger partial charge >= 0.3 is 0 Å². The van der Waals surface area contributed by atoms with Crippen LogP contribution in [0.1, 0.15) is 12.8 Å². The number of guanidine groups is 1. The molecular weight excluding hydrogens is 362 g/mol. The van der Waals surface area contributed by atoms with Crippen LogP contribution >= 0.6 is 11.8 Å². The van der Waals surface area contributed by atoms with Gasteiger partial charge in [-0.3, -0.25) is 10.2 Å². The predicted octanol–water partition coefficient (Wildman–Crippen LogP) is 1.65. The van der Waals surface area contributed by atoms with Crippen LogP contribution < -0.4 is 11.1 Å². The zero-order chi connectivity index (χ0) is 19.2. The normalized spacial score (nSPS) is 18.7. The Bertz CT molecular complexity index is 735. The molecule has 1 aromatic rings. The summed E-state index contributed by atoms with van der Waals surface area (Å²) in [6.07, 6.45) is 3.73. The molecule has 1 saturated heterocycles. The van der Waals surface area contributed by atoms with Crippen molar-refractivity contribution in [3.05, 3.63) is 24.3 Å². The third kappa shape index (κ3) is 6.37. The Morgan fingerprint density at radius 1 is 1.26 bits per heavy atom. The van der Waals surface area contributed by atoms with Gasteiger partial charge in [0, 0.05) is 42.7 Å². The summed E-state index contributed by atoms with van der Waals surface area (Å²) in [7, 11) is 2.10. The minimum Gasteiger partial charge on any atom is -0.368 e. The van der Waals surface area contributed by atoms with Crippen molar-refractivity contribution in [2.75, 3.05) is 38.5 Å². The van der Waals surface area contributed by atoms with Crippen LogP contribution in [0.4, 0.5) is 5.69 Å². The van der Waals surface area contributed by atoms with Gasteiger partial charge in [-0.2, -0.15) is 4.99 Å². The minimum absolute atomic E-state index is 0.0889. The van der Waals surface area contributed by atoms with E-state index >= 15 is 0 Å². The molecule has 4 N–H and O–H groups in total. The SMILES string of the molecule is CN1CCN(/C=N/C(=N\C(=N)N)Sc2ccc(NC(=O)C3CC3)cc2)CC1. The molecule has 1 heterocycles. The molecular formula is C18H25N7OS. The molecule has 0 radical (unpaired) electrons. The first-order chi connectivity index (χ1) is 13.0. The number of nitrogens with zero attached hydrogens (tertiary/aromatic N) is 4. The Hall–Kier alpha value is -2.39. The second-order valence-corrected chi connectivity index (χ2v) is 7.79. The average molecular weight is 388 g/mol. The van der Waals surface area contributed by atoms with Gasteiger partial charge in [-0.1, -0.05) is 0 Å². The summed E-state index contributed by atoms with van der Waals surface area (Å²) in [6.45, 7) is 3.81. The van der Waals surface area contributed by atoms with E-state index in [4.69, 9.17) is 11.1 Å². The third-order valence-electron chi connectivity index (χ3n) is 4.36. The first-order valence-corrected chi connectivity index (χ1v) is 9.79. The molecule has 3 rings (SSSR count). The number of amides is 1. The summed E-state index contributed by atoms with van der Waals surface area (Å²) in [5.41, 5.74) is 6.21. The molecule has 0 spiro atoms. The van der Waals surface area contributed by atoms with Gasteiger partial charge in [-0.25, -0.2) is 4.99 Å². The first-order valence-electron chi connectivity index (χ1n) is 8.98. The van der Waals surface area contributed by atoms with E-state index in [2.05, 4.69) is 32.1 Å². The Morgan fingerprint density at radius 2 is 1.93 bits per heavy atom. The summed E-state index contributed by atoms with van der Waals surface area (Å²) in [5, 5.41) is 10.8. The predicted molar refractivity (Wildman–Crippen MR) is 111 cm³/mol. The summed E-state index contributed by atoms with van der Waals surface area (Å²) in [5.74, 6) is -0.00961. The Labute approximate surface area is 163 Å². The van der Waals surface area contributed by atoms with Gasteiger partial charge in [0.2, 0.25) is 11.9 Å². The van der Waals surface area contributed by atoms with Gasteiger partial charge in [0.25, 0.3) is 0 Å². The lowest BCUT2D eigenvalue weighted by molar-refractivity contribution is -0.117. The quantitative estimate of drug-likeness (QED) is 0.413. The molecule has 1 aromatic carbocycles. The number of benzene rings is 1. The van der Waals surface area contributed by atoms with Crippen molar-refractivity contribution in [3.63, 3.8) is 0 Å². The number of hydrogen-bond donors (Lipinski definition) is 3. The second-order valence-electron chi connectivity index (χ2n) is 6.75. The molecule has 27 heavy (non-hydrogen) atoms. The molecule has 2 fully saturated rings. The molecule has 0 atom stereocenters. The van der Waals surface area contributed by atoms with E-state index in [0.717, 1.165) is 49.6 Å². The first kappa shape index (κ1) is 19.4. The number of rotatable bonds is 4. The zero-order valence-corrected chi connectivity index (χ0v) is 16.2. The van der Waals surface area contributed by atoms with E-state index in [9.17, 15) is 4.79 Å². The van der Waals surface area contributed by atoms with Crippen LogP contribution in [0.15, 0.2) is 39.1 Å². The Kier molecular flexibility index (Phi) is 6.46. The van der Waals surface area contributed by atoms with Crippen LogP contribution in [0.2, 0.25) is 0 Å². The van der Waals surface area contributed by atoms with E-state index in [1.165, 1.54) is 11.8 Å². The van der Waals surface area contributed by atoms with E-state index in [1.807, 2.05) is 24.3 Å². The maximum atomic E-state index is 11.8. The average Bonchev–Trinajstić information content (AvgIpc) is 3.47. The molecule has 9 heteroatoms. The van der Waals surface area contributed by atoms with Gasteiger partial charge < -0.3 is 20.9 Å². The van der Waals surface area contributed by atoms with Gasteiger partial charge in [0.15, 0.2) is 5.17 Å². The van der Waals surface area contributed by atoms with E-state index in [1.54, 1.807) is 6.34 Å². The van der Waals surface area contributed by atoms with Crippen molar-refractivity contribution < 1.29 is 4.79 Å². The Morgan fingerprint density at radius 3 is 2.52 bits per heavy atom. The van der Waals surface area contributed by atoms with Crippen molar-refractivity contribution in [2.24, 2.45) is 21.6 Å². The maximum Gasteiger partial charge on any atom is 0.227 e. The summed E-state index contributed by atoms with van der Waals surface area (Å²) in [6, 6.07) is 7.51. The van der Waals surface area contributed by atoms with Gasteiger partial charge in [0.1, 0.15) is 0 Å². The summed E-state index contributed by atoms with van der Waals surface area (Å²) < 4.78 is 0. The highest BCUT2D eigenvalue weighted by molar-refractivity contribution is 8.14. The van der Waals surface area contributed by atoms with Crippen molar-refractivity contribution in [1.29, 1.82) is 5.41 Å². The van der Waals surface area contributed by atoms with Crippen molar-refractivity contribution in [1.82, 2.24) is 9.80 Å². The molecule has 2 aliphatic rings. The van der Waals surface area contributed by atoms with Gasteiger partial charge in [-0.15, -0.1) is 0 Å². The van der Waals surface area contributed by atoms with E-state index in [0.29, 0.717) is 5.17 Å². The smallest absolute Gasteiger partial charge is 0.227 e. The third-order valence-corrected chi connectivity index (χ3v) is 5.25. The highest BCUT2D eigenvalue weighted by Crippen LogP contribution is 2.30.